The van der Waals surface area contributed by atoms with Gasteiger partial charge in [0.15, 0.2) is 5.65 Å². The van der Waals surface area contributed by atoms with Gasteiger partial charge in [-0.15, -0.1) is 0 Å². The van der Waals surface area contributed by atoms with Gasteiger partial charge in [-0.3, -0.25) is 14.6 Å². The maximum absolute atomic E-state index is 12.5. The van der Waals surface area contributed by atoms with Crippen LogP contribution in [-0.2, 0) is 22.7 Å². The van der Waals surface area contributed by atoms with Gasteiger partial charge in [-0.25, -0.2) is 9.50 Å². The van der Waals surface area contributed by atoms with E-state index in [4.69, 9.17) is 0 Å². The minimum absolute atomic E-state index is 0.00773. The van der Waals surface area contributed by atoms with Crippen LogP contribution in [0, 0.1) is 5.92 Å². The number of nitrogens with zero attached hydrogens (tertiary/aromatic N) is 5. The van der Waals surface area contributed by atoms with Crippen LogP contribution in [-0.4, -0.2) is 42.8 Å². The molecule has 1 N–H and O–H groups in total. The predicted octanol–water partition coefficient (Wildman–Crippen LogP) is 0.789. The minimum Gasteiger partial charge on any atom is -0.352 e. The van der Waals surface area contributed by atoms with Crippen LogP contribution in [0.2, 0.25) is 0 Å². The van der Waals surface area contributed by atoms with E-state index >= 15 is 0 Å². The highest BCUT2D eigenvalue weighted by Gasteiger charge is 2.34. The second-order valence-corrected chi connectivity index (χ2v) is 6.31. The van der Waals surface area contributed by atoms with Gasteiger partial charge in [-0.05, 0) is 17.7 Å². The molecule has 8 heteroatoms. The Morgan fingerprint density at radius 2 is 2.19 bits per heavy atom. The molecular weight excluding hydrogens is 332 g/mol. The number of fused-ring (bicyclic) bond motifs is 1. The van der Waals surface area contributed by atoms with Crippen LogP contribution in [0.1, 0.15) is 17.5 Å². The molecule has 3 aromatic heterocycles. The summed E-state index contributed by atoms with van der Waals surface area (Å²) in [7, 11) is 0. The van der Waals surface area contributed by atoms with Gasteiger partial charge in [0.25, 0.3) is 0 Å². The Kier molecular flexibility index (Phi) is 4.30. The summed E-state index contributed by atoms with van der Waals surface area (Å²) in [5.41, 5.74) is 2.52. The topological polar surface area (TPSA) is 92.5 Å². The van der Waals surface area contributed by atoms with Crippen LogP contribution in [0.25, 0.3) is 5.65 Å². The van der Waals surface area contributed by atoms with Gasteiger partial charge in [-0.2, -0.15) is 5.10 Å². The number of aromatic nitrogens is 4. The van der Waals surface area contributed by atoms with Gasteiger partial charge in [-0.1, -0.05) is 6.07 Å². The molecule has 1 atom stereocenters. The quantitative estimate of drug-likeness (QED) is 0.734. The third-order valence-corrected chi connectivity index (χ3v) is 4.49. The first-order valence-electron chi connectivity index (χ1n) is 8.42. The first kappa shape index (κ1) is 16.2. The Hall–Kier alpha value is -3.29. The van der Waals surface area contributed by atoms with Crippen LogP contribution >= 0.6 is 0 Å². The number of likely N-dealkylation sites (tertiary alicyclic amines) is 1. The zero-order chi connectivity index (χ0) is 17.9. The molecular formula is C18H18N6O2. The van der Waals surface area contributed by atoms with Gasteiger partial charge in [0.1, 0.15) is 0 Å². The van der Waals surface area contributed by atoms with E-state index < -0.39 is 0 Å². The van der Waals surface area contributed by atoms with Crippen molar-refractivity contribution in [1.82, 2.24) is 29.8 Å². The van der Waals surface area contributed by atoms with E-state index in [1.165, 1.54) is 0 Å². The molecule has 2 amide bonds. The highest BCUT2D eigenvalue weighted by Crippen LogP contribution is 2.20. The highest BCUT2D eigenvalue weighted by atomic mass is 16.2. The molecule has 1 aliphatic heterocycles. The monoisotopic (exact) mass is 350 g/mol. The summed E-state index contributed by atoms with van der Waals surface area (Å²) < 4.78 is 1.66. The summed E-state index contributed by atoms with van der Waals surface area (Å²) in [6.07, 6.45) is 8.85. The predicted molar refractivity (Wildman–Crippen MR) is 92.6 cm³/mol. The molecule has 1 fully saturated rings. The molecule has 0 radical (unpaired) electrons. The summed E-state index contributed by atoms with van der Waals surface area (Å²) >= 11 is 0. The molecule has 0 aromatic carbocycles. The standard InChI is InChI=1S/C18H18N6O2/c25-16-7-14(12-23(16)11-13-3-1-4-19-8-13)18(26)21-9-15-10-22-24-6-2-5-20-17(15)24/h1-6,8,10,14H,7,9,11-12H2,(H,21,26)/t14-/m0/s1. The third kappa shape index (κ3) is 3.26. The fourth-order valence-electron chi connectivity index (χ4n) is 3.14. The Morgan fingerprint density at radius 1 is 1.27 bits per heavy atom. The van der Waals surface area contributed by atoms with Crippen LogP contribution < -0.4 is 5.32 Å². The average molecular weight is 350 g/mol. The van der Waals surface area contributed by atoms with Crippen LogP contribution in [0.5, 0.6) is 0 Å². The van der Waals surface area contributed by atoms with Gasteiger partial charge < -0.3 is 10.2 Å². The number of rotatable bonds is 5. The van der Waals surface area contributed by atoms with Gasteiger partial charge in [0.05, 0.1) is 12.1 Å². The number of hydrogen-bond donors (Lipinski definition) is 1. The van der Waals surface area contributed by atoms with Crippen LogP contribution in [0.4, 0.5) is 0 Å². The number of pyridine rings is 1. The Morgan fingerprint density at radius 3 is 3.04 bits per heavy atom. The lowest BCUT2D eigenvalue weighted by Gasteiger charge is -2.16. The zero-order valence-corrected chi connectivity index (χ0v) is 14.1. The fraction of sp³-hybridized carbons (Fsp3) is 0.278. The van der Waals surface area contributed by atoms with Crippen molar-refractivity contribution in [3.63, 3.8) is 0 Å². The Labute approximate surface area is 149 Å². The van der Waals surface area contributed by atoms with Crippen molar-refractivity contribution < 1.29 is 9.59 Å². The maximum atomic E-state index is 12.5. The molecule has 0 saturated carbocycles. The van der Waals surface area contributed by atoms with Crippen molar-refractivity contribution in [2.24, 2.45) is 5.92 Å². The summed E-state index contributed by atoms with van der Waals surface area (Å²) in [5, 5.41) is 7.10. The second-order valence-electron chi connectivity index (χ2n) is 6.31. The van der Waals surface area contributed by atoms with E-state index in [0.29, 0.717) is 25.3 Å². The number of nitrogens with one attached hydrogen (secondary N) is 1. The number of hydrogen-bond acceptors (Lipinski definition) is 5. The number of amides is 2. The first-order chi connectivity index (χ1) is 12.7. The van der Waals surface area contributed by atoms with E-state index in [1.807, 2.05) is 12.1 Å². The maximum Gasteiger partial charge on any atom is 0.225 e. The summed E-state index contributed by atoms with van der Waals surface area (Å²) in [6.45, 7) is 1.24. The zero-order valence-electron chi connectivity index (χ0n) is 14.1. The highest BCUT2D eigenvalue weighted by molar-refractivity contribution is 5.89. The van der Waals surface area contributed by atoms with Gasteiger partial charge in [0, 0.05) is 56.4 Å². The van der Waals surface area contributed by atoms with Crippen molar-refractivity contribution in [1.29, 1.82) is 0 Å². The summed E-state index contributed by atoms with van der Waals surface area (Å²) in [6, 6.07) is 5.56. The average Bonchev–Trinajstić information content (AvgIpc) is 3.24. The normalized spacial score (nSPS) is 17.0. The van der Waals surface area contributed by atoms with Crippen LogP contribution in [0.15, 0.2) is 49.2 Å². The second kappa shape index (κ2) is 6.91. The van der Waals surface area contributed by atoms with E-state index in [2.05, 4.69) is 20.4 Å². The number of carbonyl (C=O) groups is 2. The third-order valence-electron chi connectivity index (χ3n) is 4.49. The summed E-state index contributed by atoms with van der Waals surface area (Å²) in [5.74, 6) is -0.470. The lowest BCUT2D eigenvalue weighted by molar-refractivity contribution is -0.129. The Bertz CT molecular complexity index is 939. The smallest absolute Gasteiger partial charge is 0.225 e. The first-order valence-corrected chi connectivity index (χ1v) is 8.42. The molecule has 1 aliphatic rings. The molecule has 0 spiro atoms. The van der Waals surface area contributed by atoms with Crippen molar-refractivity contribution in [2.45, 2.75) is 19.5 Å². The minimum atomic E-state index is -0.339. The van der Waals surface area contributed by atoms with E-state index in [9.17, 15) is 9.59 Å². The molecule has 0 aliphatic carbocycles. The van der Waals surface area contributed by atoms with E-state index in [1.54, 1.807) is 46.5 Å². The SMILES string of the molecule is O=C(NCc1cnn2cccnc12)[C@H]1CC(=O)N(Cc2cccnc2)C1. The van der Waals surface area contributed by atoms with Crippen LogP contribution in [0.3, 0.4) is 0 Å². The molecule has 3 aromatic rings. The molecule has 26 heavy (non-hydrogen) atoms. The van der Waals surface area contributed by atoms with Crippen molar-refractivity contribution in [3.05, 3.63) is 60.3 Å². The van der Waals surface area contributed by atoms with E-state index in [-0.39, 0.29) is 24.2 Å². The largest absolute Gasteiger partial charge is 0.352 e. The lowest BCUT2D eigenvalue weighted by atomic mass is 10.1. The molecule has 1 saturated heterocycles. The fourth-order valence-corrected chi connectivity index (χ4v) is 3.14. The van der Waals surface area contributed by atoms with Crippen molar-refractivity contribution >= 4 is 17.5 Å². The molecule has 0 bridgehead atoms. The summed E-state index contributed by atoms with van der Waals surface area (Å²) in [4.78, 5) is 34.7. The molecule has 132 valence electrons. The Balaban J connectivity index is 1.36. The molecule has 0 unspecified atom stereocenters. The molecule has 4 heterocycles. The lowest BCUT2D eigenvalue weighted by Crippen LogP contribution is -2.32. The van der Waals surface area contributed by atoms with E-state index in [0.717, 1.165) is 11.1 Å². The van der Waals surface area contributed by atoms with Gasteiger partial charge >= 0.3 is 0 Å². The van der Waals surface area contributed by atoms with Gasteiger partial charge in [0.2, 0.25) is 11.8 Å². The van der Waals surface area contributed by atoms with Crippen molar-refractivity contribution in [2.75, 3.05) is 6.54 Å². The molecule has 4 rings (SSSR count). The number of carbonyl (C=O) groups excluding carboxylic acids is 2. The molecule has 8 nitrogen and oxygen atoms in total. The van der Waals surface area contributed by atoms with Crippen molar-refractivity contribution in [3.8, 4) is 0 Å².